The molecular formula is C42H94. The first-order valence-electron chi connectivity index (χ1n) is 18.3. The van der Waals surface area contributed by atoms with Crippen LogP contribution in [0.2, 0.25) is 0 Å². The van der Waals surface area contributed by atoms with Crippen molar-refractivity contribution in [3.05, 3.63) is 0 Å². The second-order valence-electron chi connectivity index (χ2n) is 14.2. The first-order chi connectivity index (χ1) is 18.3. The summed E-state index contributed by atoms with van der Waals surface area (Å²) in [4.78, 5) is 0. The van der Waals surface area contributed by atoms with Crippen molar-refractivity contribution in [2.75, 3.05) is 0 Å². The van der Waals surface area contributed by atoms with Gasteiger partial charge in [-0.25, -0.2) is 0 Å². The van der Waals surface area contributed by atoms with Crippen LogP contribution in [0.15, 0.2) is 0 Å². The van der Waals surface area contributed by atoms with Crippen molar-refractivity contribution in [3.63, 3.8) is 0 Å². The van der Waals surface area contributed by atoms with Gasteiger partial charge >= 0.3 is 0 Å². The summed E-state index contributed by atoms with van der Waals surface area (Å²) in [5.74, 6) is 8.34. The van der Waals surface area contributed by atoms with Crippen LogP contribution in [0.1, 0.15) is 227 Å². The molecule has 5 aliphatic rings. The lowest BCUT2D eigenvalue weighted by Crippen LogP contribution is -2.24. The molecule has 5 rings (SSSR count). The molecule has 0 atom stereocenters. The second kappa shape index (κ2) is 33.9. The summed E-state index contributed by atoms with van der Waals surface area (Å²) in [5, 5.41) is 0. The Bertz CT molecular complexity index is 380. The van der Waals surface area contributed by atoms with E-state index in [1.807, 2.05) is 27.7 Å². The summed E-state index contributed by atoms with van der Waals surface area (Å²) in [7, 11) is 0. The van der Waals surface area contributed by atoms with Gasteiger partial charge in [-0.2, -0.15) is 0 Å². The minimum absolute atomic E-state index is 0. The van der Waals surface area contributed by atoms with Crippen LogP contribution in [-0.2, 0) is 0 Å². The van der Waals surface area contributed by atoms with Gasteiger partial charge in [-0.15, -0.1) is 0 Å². The summed E-state index contributed by atoms with van der Waals surface area (Å²) >= 11 is 0. The van der Waals surface area contributed by atoms with E-state index in [0.717, 1.165) is 47.3 Å². The molecule has 0 N–H and O–H groups in total. The highest BCUT2D eigenvalue weighted by Gasteiger charge is 2.28. The third kappa shape index (κ3) is 26.4. The molecule has 0 heterocycles. The standard InChI is InChI=1S/C14H26.2C8H16.C4H8.2C2H6.4CH4/c1-11-3-7-13(8-4-11)14-9-5-12(2)6-10-14;2*1-7-3-5-8(2)6-4-7;1-2-4-3-1;2*1-2;;;;/h11-14H,3-10H2,1-2H3;2*7-8H,3-6H2,1-2H3;1-4H2;2*1-2H3;4*1H4. The molecule has 5 fully saturated rings. The first kappa shape index (κ1) is 51.6. The lowest BCUT2D eigenvalue weighted by molar-refractivity contribution is 0.155. The van der Waals surface area contributed by atoms with Crippen LogP contribution < -0.4 is 0 Å². The van der Waals surface area contributed by atoms with E-state index in [1.165, 1.54) is 103 Å². The van der Waals surface area contributed by atoms with Gasteiger partial charge in [-0.1, -0.05) is 202 Å². The molecule has 0 bridgehead atoms. The fraction of sp³-hybridized carbons (Fsp3) is 1.00. The van der Waals surface area contributed by atoms with Crippen molar-refractivity contribution in [1.29, 1.82) is 0 Å². The Balaban J connectivity index is -0.000000143. The van der Waals surface area contributed by atoms with Crippen LogP contribution in [0, 0.1) is 47.3 Å². The van der Waals surface area contributed by atoms with E-state index in [4.69, 9.17) is 0 Å². The zero-order valence-electron chi connectivity index (χ0n) is 28.8. The van der Waals surface area contributed by atoms with Gasteiger partial charge in [0.25, 0.3) is 0 Å². The highest BCUT2D eigenvalue weighted by molar-refractivity contribution is 4.80. The molecule has 262 valence electrons. The molecule has 0 aromatic rings. The topological polar surface area (TPSA) is 0 Å². The summed E-state index contributed by atoms with van der Waals surface area (Å²) in [6, 6.07) is 0. The smallest absolute Gasteiger partial charge is 0.0386 e. The zero-order valence-corrected chi connectivity index (χ0v) is 28.8. The molecular weight excluding hydrogens is 504 g/mol. The first-order valence-corrected chi connectivity index (χ1v) is 18.3. The van der Waals surface area contributed by atoms with E-state index >= 15 is 0 Å². The maximum atomic E-state index is 2.43. The predicted molar refractivity (Wildman–Crippen MR) is 204 cm³/mol. The van der Waals surface area contributed by atoms with Crippen molar-refractivity contribution in [2.45, 2.75) is 227 Å². The average molecular weight is 599 g/mol. The molecule has 0 amide bonds. The lowest BCUT2D eigenvalue weighted by atomic mass is 9.70. The van der Waals surface area contributed by atoms with Gasteiger partial charge in [0.15, 0.2) is 0 Å². The summed E-state index contributed by atoms with van der Waals surface area (Å²) in [5.41, 5.74) is 0. The van der Waals surface area contributed by atoms with Crippen molar-refractivity contribution in [2.24, 2.45) is 47.3 Å². The highest BCUT2D eigenvalue weighted by atomic mass is 14.3. The van der Waals surface area contributed by atoms with Gasteiger partial charge in [-0.3, -0.25) is 0 Å². The van der Waals surface area contributed by atoms with Crippen molar-refractivity contribution in [3.8, 4) is 0 Å². The third-order valence-corrected chi connectivity index (χ3v) is 10.4. The molecule has 5 aliphatic carbocycles. The van der Waals surface area contributed by atoms with Crippen LogP contribution in [0.5, 0.6) is 0 Å². The van der Waals surface area contributed by atoms with Crippen molar-refractivity contribution in [1.82, 2.24) is 0 Å². The molecule has 0 radical (unpaired) electrons. The Labute approximate surface area is 274 Å². The Morgan fingerprint density at radius 2 is 0.357 bits per heavy atom. The number of rotatable bonds is 1. The molecule has 0 aliphatic heterocycles. The molecule has 0 saturated heterocycles. The van der Waals surface area contributed by atoms with Gasteiger partial charge in [0.2, 0.25) is 0 Å². The van der Waals surface area contributed by atoms with Crippen LogP contribution >= 0.6 is 0 Å². The van der Waals surface area contributed by atoms with Gasteiger partial charge < -0.3 is 0 Å². The van der Waals surface area contributed by atoms with E-state index in [0.29, 0.717) is 0 Å². The maximum absolute atomic E-state index is 2.43. The Kier molecular flexibility index (Phi) is 41.6. The largest absolute Gasteiger partial charge is 0.0776 e. The van der Waals surface area contributed by atoms with Gasteiger partial charge in [0.05, 0.1) is 0 Å². The fourth-order valence-electron chi connectivity index (χ4n) is 6.62. The molecule has 0 aromatic heterocycles. The molecule has 0 spiro atoms. The summed E-state index contributed by atoms with van der Waals surface area (Å²) in [6.07, 6.45) is 30.0. The highest BCUT2D eigenvalue weighted by Crippen LogP contribution is 2.41. The Morgan fingerprint density at radius 1 is 0.238 bits per heavy atom. The quantitative estimate of drug-likeness (QED) is 0.281. The minimum atomic E-state index is 0. The van der Waals surface area contributed by atoms with Crippen molar-refractivity contribution < 1.29 is 0 Å². The van der Waals surface area contributed by atoms with Crippen molar-refractivity contribution >= 4 is 0 Å². The van der Waals surface area contributed by atoms with Gasteiger partial charge in [-0.05, 0) is 73.0 Å². The third-order valence-electron chi connectivity index (χ3n) is 10.4. The Hall–Kier alpha value is 0. The number of hydrogen-bond donors (Lipinski definition) is 0. The normalized spacial score (nSPS) is 32.7. The number of hydrogen-bond acceptors (Lipinski definition) is 0. The lowest BCUT2D eigenvalue weighted by Gasteiger charge is -2.36. The second-order valence-corrected chi connectivity index (χ2v) is 14.2. The molecule has 42 heavy (non-hydrogen) atoms. The Morgan fingerprint density at radius 3 is 0.476 bits per heavy atom. The van der Waals surface area contributed by atoms with Crippen LogP contribution in [0.3, 0.4) is 0 Å². The van der Waals surface area contributed by atoms with Gasteiger partial charge in [0, 0.05) is 0 Å². The summed E-state index contributed by atoms with van der Waals surface area (Å²) < 4.78 is 0. The van der Waals surface area contributed by atoms with E-state index in [2.05, 4.69) is 41.5 Å². The van der Waals surface area contributed by atoms with Crippen LogP contribution in [0.4, 0.5) is 0 Å². The predicted octanol–water partition coefficient (Wildman–Crippen LogP) is 16.5. The van der Waals surface area contributed by atoms with E-state index in [9.17, 15) is 0 Å². The van der Waals surface area contributed by atoms with E-state index in [-0.39, 0.29) is 29.7 Å². The molecule has 0 nitrogen and oxygen atoms in total. The molecule has 5 saturated carbocycles. The summed E-state index contributed by atoms with van der Waals surface area (Å²) in [6.45, 7) is 22.3. The zero-order chi connectivity index (χ0) is 28.8. The van der Waals surface area contributed by atoms with E-state index < -0.39 is 0 Å². The molecule has 0 aromatic carbocycles. The maximum Gasteiger partial charge on any atom is -0.0386 e. The average Bonchev–Trinajstić information content (AvgIpc) is 2.91. The fourth-order valence-corrected chi connectivity index (χ4v) is 6.62. The minimum Gasteiger partial charge on any atom is -0.0776 e. The van der Waals surface area contributed by atoms with Crippen LogP contribution in [0.25, 0.3) is 0 Å². The molecule has 0 unspecified atom stereocenters. The monoisotopic (exact) mass is 599 g/mol. The molecule has 0 heteroatoms. The van der Waals surface area contributed by atoms with Gasteiger partial charge in [0.1, 0.15) is 0 Å². The van der Waals surface area contributed by atoms with E-state index in [1.54, 1.807) is 25.7 Å². The van der Waals surface area contributed by atoms with Crippen LogP contribution in [-0.4, -0.2) is 0 Å². The SMILES string of the molecule is C.C.C.C.C1CCC1.CC.CC.CC1CCC(C)CC1.CC1CCC(C)CC1.CC1CCC(C2CCC(C)CC2)CC1.